The number of nitrogens with one attached hydrogen (secondary N) is 2. The number of aromatic nitrogens is 1. The molecule has 2 N–H and O–H groups in total. The van der Waals surface area contributed by atoms with E-state index in [1.54, 1.807) is 47.7 Å². The Hall–Kier alpha value is -3.47. The molecule has 1 aliphatic heterocycles. The Morgan fingerprint density at radius 2 is 1.91 bits per heavy atom. The molecule has 0 fully saturated rings. The van der Waals surface area contributed by atoms with E-state index in [-0.39, 0.29) is 23.8 Å². The van der Waals surface area contributed by atoms with Crippen molar-refractivity contribution in [1.29, 1.82) is 0 Å². The van der Waals surface area contributed by atoms with E-state index in [9.17, 15) is 13.2 Å². The van der Waals surface area contributed by atoms with E-state index >= 15 is 0 Å². The van der Waals surface area contributed by atoms with Gasteiger partial charge in [0.1, 0.15) is 0 Å². The van der Waals surface area contributed by atoms with Crippen molar-refractivity contribution in [2.24, 2.45) is 0 Å². The third-order valence-electron chi connectivity index (χ3n) is 5.06. The maximum atomic E-state index is 12.8. The maximum absolute atomic E-state index is 12.8. The Labute approximate surface area is 194 Å². The van der Waals surface area contributed by atoms with Gasteiger partial charge in [-0.05, 0) is 61.0 Å². The van der Waals surface area contributed by atoms with Gasteiger partial charge in [0, 0.05) is 17.8 Å². The van der Waals surface area contributed by atoms with Crippen molar-refractivity contribution in [3.05, 3.63) is 76.8 Å². The van der Waals surface area contributed by atoms with Crippen LogP contribution in [0.5, 0.6) is 11.5 Å². The number of hydrogen-bond acceptors (Lipinski definition) is 7. The van der Waals surface area contributed by atoms with Gasteiger partial charge in [-0.25, -0.2) is 18.1 Å². The molecule has 8 nitrogen and oxygen atoms in total. The Morgan fingerprint density at radius 3 is 2.79 bits per heavy atom. The Bertz CT molecular complexity index is 1480. The minimum Gasteiger partial charge on any atom is -0.454 e. The minimum absolute atomic E-state index is 0.00410. The Balaban J connectivity index is 1.30. The normalized spacial score (nSPS) is 12.8. The number of ether oxygens (including phenoxy) is 2. The number of fused-ring (bicyclic) bond motifs is 2. The van der Waals surface area contributed by atoms with Gasteiger partial charge >= 0.3 is 0 Å². The summed E-state index contributed by atoms with van der Waals surface area (Å²) in [4.78, 5) is 17.2. The molecule has 10 heteroatoms. The van der Waals surface area contributed by atoms with Gasteiger partial charge in [-0.1, -0.05) is 12.1 Å². The quantitative estimate of drug-likeness (QED) is 0.430. The highest BCUT2D eigenvalue weighted by atomic mass is 32.2. The second kappa shape index (κ2) is 8.47. The Morgan fingerprint density at radius 1 is 1.06 bits per heavy atom. The van der Waals surface area contributed by atoms with Crippen LogP contribution in [0.1, 0.15) is 20.9 Å². The summed E-state index contributed by atoms with van der Waals surface area (Å²) >= 11 is 1.54. The van der Waals surface area contributed by atoms with Crippen LogP contribution in [0.25, 0.3) is 10.2 Å². The highest BCUT2D eigenvalue weighted by Crippen LogP contribution is 2.32. The molecule has 0 radical (unpaired) electrons. The topological polar surface area (TPSA) is 107 Å². The Kier molecular flexibility index (Phi) is 5.49. The molecule has 33 heavy (non-hydrogen) atoms. The molecule has 0 aliphatic carbocycles. The molecule has 0 saturated carbocycles. The van der Waals surface area contributed by atoms with Crippen molar-refractivity contribution in [3.8, 4) is 11.5 Å². The van der Waals surface area contributed by atoms with Gasteiger partial charge in [0.2, 0.25) is 16.8 Å². The van der Waals surface area contributed by atoms with Crippen molar-refractivity contribution in [3.63, 3.8) is 0 Å². The number of amides is 1. The number of rotatable bonds is 6. The van der Waals surface area contributed by atoms with E-state index in [0.29, 0.717) is 17.2 Å². The number of hydrogen-bond donors (Lipinski definition) is 2. The van der Waals surface area contributed by atoms with Crippen molar-refractivity contribution in [2.45, 2.75) is 18.4 Å². The van der Waals surface area contributed by atoms with Crippen molar-refractivity contribution in [2.75, 3.05) is 12.1 Å². The first-order chi connectivity index (χ1) is 15.9. The van der Waals surface area contributed by atoms with Crippen LogP contribution in [0.4, 0.5) is 5.69 Å². The summed E-state index contributed by atoms with van der Waals surface area (Å²) in [6.07, 6.45) is 0. The van der Waals surface area contributed by atoms with Gasteiger partial charge in [-0.15, -0.1) is 11.3 Å². The van der Waals surface area contributed by atoms with Crippen LogP contribution in [0, 0.1) is 6.92 Å². The second-order valence-electron chi connectivity index (χ2n) is 7.41. The average Bonchev–Trinajstić information content (AvgIpc) is 3.42. The summed E-state index contributed by atoms with van der Waals surface area (Å²) in [6, 6.07) is 16.6. The number of anilines is 1. The van der Waals surface area contributed by atoms with Crippen molar-refractivity contribution >= 4 is 43.2 Å². The van der Waals surface area contributed by atoms with E-state index in [1.165, 1.54) is 12.1 Å². The third-order valence-corrected chi connectivity index (χ3v) is 7.40. The molecular formula is C23H19N3O5S2. The molecular weight excluding hydrogens is 462 g/mol. The number of sulfonamides is 1. The summed E-state index contributed by atoms with van der Waals surface area (Å²) < 4.78 is 39.8. The first-order valence-electron chi connectivity index (χ1n) is 10.0. The van der Waals surface area contributed by atoms with Gasteiger partial charge in [-0.3, -0.25) is 4.79 Å². The van der Waals surface area contributed by atoms with E-state index < -0.39 is 15.9 Å². The predicted octanol–water partition coefficient (Wildman–Crippen LogP) is 4.06. The largest absolute Gasteiger partial charge is 0.454 e. The predicted molar refractivity (Wildman–Crippen MR) is 125 cm³/mol. The lowest BCUT2D eigenvalue weighted by atomic mass is 10.2. The molecule has 168 valence electrons. The summed E-state index contributed by atoms with van der Waals surface area (Å²) in [5.41, 5.74) is 2.45. The molecule has 5 rings (SSSR count). The summed E-state index contributed by atoms with van der Waals surface area (Å²) in [7, 11) is -3.84. The number of nitrogens with zero attached hydrogens (tertiary/aromatic N) is 1. The fourth-order valence-corrected chi connectivity index (χ4v) is 5.37. The van der Waals surface area contributed by atoms with E-state index in [4.69, 9.17) is 9.47 Å². The van der Waals surface area contributed by atoms with Crippen LogP contribution < -0.4 is 19.5 Å². The molecule has 0 unspecified atom stereocenters. The van der Waals surface area contributed by atoms with E-state index in [1.807, 2.05) is 19.1 Å². The van der Waals surface area contributed by atoms with Crippen molar-refractivity contribution in [1.82, 2.24) is 9.71 Å². The zero-order chi connectivity index (χ0) is 23.0. The number of aryl methyl sites for hydroxylation is 1. The molecule has 0 atom stereocenters. The number of carbonyl (C=O) groups is 1. The van der Waals surface area contributed by atoms with Gasteiger partial charge in [0.05, 0.1) is 20.1 Å². The molecule has 4 aromatic rings. The summed E-state index contributed by atoms with van der Waals surface area (Å²) in [5, 5.41) is 3.76. The second-order valence-corrected chi connectivity index (χ2v) is 10.4. The smallest absolute Gasteiger partial charge is 0.255 e. The van der Waals surface area contributed by atoms with Crippen LogP contribution in [0.3, 0.4) is 0 Å². The lowest BCUT2D eigenvalue weighted by molar-refractivity contribution is 0.102. The SMILES string of the molecule is Cc1nc2ccc(NC(=O)c3cccc(S(=O)(=O)NCc4ccc5c(c4)OCO5)c3)cc2s1. The average molecular weight is 482 g/mol. The number of thiazole rings is 1. The summed E-state index contributed by atoms with van der Waals surface area (Å²) in [6.45, 7) is 2.15. The third kappa shape index (κ3) is 4.54. The molecule has 0 spiro atoms. The standard InChI is InChI=1S/C23H19N3O5S2/c1-14-25-19-7-6-17(11-22(19)32-14)26-23(27)16-3-2-4-18(10-16)33(28,29)24-12-15-5-8-20-21(9-15)31-13-30-20/h2-11,24H,12-13H2,1H3,(H,26,27). The van der Waals surface area contributed by atoms with Gasteiger partial charge < -0.3 is 14.8 Å². The van der Waals surface area contributed by atoms with Gasteiger partial charge in [0.25, 0.3) is 5.91 Å². The molecule has 1 amide bonds. The molecule has 1 aromatic heterocycles. The number of benzene rings is 3. The van der Waals surface area contributed by atoms with Crippen molar-refractivity contribution < 1.29 is 22.7 Å². The lowest BCUT2D eigenvalue weighted by Gasteiger charge is -2.10. The highest BCUT2D eigenvalue weighted by Gasteiger charge is 2.18. The fourth-order valence-electron chi connectivity index (χ4n) is 3.44. The molecule has 1 aliphatic rings. The van der Waals surface area contributed by atoms with Crippen LogP contribution >= 0.6 is 11.3 Å². The highest BCUT2D eigenvalue weighted by molar-refractivity contribution is 7.89. The fraction of sp³-hybridized carbons (Fsp3) is 0.130. The molecule has 0 saturated heterocycles. The molecule has 3 aromatic carbocycles. The monoisotopic (exact) mass is 481 g/mol. The number of carbonyl (C=O) groups excluding carboxylic acids is 1. The van der Waals surface area contributed by atoms with E-state index in [0.717, 1.165) is 20.8 Å². The molecule has 2 heterocycles. The minimum atomic E-state index is -3.84. The lowest BCUT2D eigenvalue weighted by Crippen LogP contribution is -2.23. The maximum Gasteiger partial charge on any atom is 0.255 e. The summed E-state index contributed by atoms with van der Waals surface area (Å²) in [5.74, 6) is 0.811. The van der Waals surface area contributed by atoms with Crippen LogP contribution in [-0.2, 0) is 16.6 Å². The van der Waals surface area contributed by atoms with Crippen LogP contribution in [0.2, 0.25) is 0 Å². The zero-order valence-corrected chi connectivity index (χ0v) is 19.1. The first-order valence-corrected chi connectivity index (χ1v) is 12.3. The first kappa shape index (κ1) is 21.4. The van der Waals surface area contributed by atoms with E-state index in [2.05, 4.69) is 15.0 Å². The van der Waals surface area contributed by atoms with Crippen LogP contribution in [0.15, 0.2) is 65.6 Å². The zero-order valence-electron chi connectivity index (χ0n) is 17.5. The van der Waals surface area contributed by atoms with Gasteiger partial charge in [-0.2, -0.15) is 0 Å². The molecule has 0 bridgehead atoms. The van der Waals surface area contributed by atoms with Gasteiger partial charge in [0.15, 0.2) is 11.5 Å². The van der Waals surface area contributed by atoms with Crippen LogP contribution in [-0.4, -0.2) is 26.1 Å².